The number of benzene rings is 1. The zero-order chi connectivity index (χ0) is 15.5. The van der Waals surface area contributed by atoms with E-state index in [4.69, 9.17) is 10.5 Å². The van der Waals surface area contributed by atoms with Crippen molar-refractivity contribution in [3.05, 3.63) is 35.9 Å². The minimum atomic E-state index is -0.0310. The molecule has 2 N–H and O–H groups in total. The summed E-state index contributed by atoms with van der Waals surface area (Å²) < 4.78 is 6.44. The number of nitrogens with two attached hydrogens (primary N) is 1. The third-order valence-electron chi connectivity index (χ3n) is 4.70. The Hall–Kier alpha value is -0.860. The molecule has 0 bridgehead atoms. The fourth-order valence-corrected chi connectivity index (χ4v) is 3.93. The summed E-state index contributed by atoms with van der Waals surface area (Å²) in [7, 11) is 0. The molecule has 1 aromatic carbocycles. The third kappa shape index (κ3) is 4.55. The lowest BCUT2D eigenvalue weighted by Crippen LogP contribution is -2.38. The molecule has 0 aliphatic heterocycles. The average molecular weight is 289 g/mol. The van der Waals surface area contributed by atoms with Gasteiger partial charge >= 0.3 is 0 Å². The summed E-state index contributed by atoms with van der Waals surface area (Å²) in [4.78, 5) is 0. The fraction of sp³-hybridized carbons (Fsp3) is 0.684. The van der Waals surface area contributed by atoms with Crippen LogP contribution in [-0.4, -0.2) is 12.2 Å². The Labute approximate surface area is 130 Å². The molecule has 118 valence electrons. The molecule has 21 heavy (non-hydrogen) atoms. The van der Waals surface area contributed by atoms with Crippen LogP contribution < -0.4 is 5.73 Å². The maximum atomic E-state index is 6.44. The number of ether oxygens (including phenoxy) is 1. The van der Waals surface area contributed by atoms with Crippen LogP contribution in [0.5, 0.6) is 0 Å². The summed E-state index contributed by atoms with van der Waals surface area (Å²) in [5, 5.41) is 0. The number of hydrogen-bond donors (Lipinski definition) is 1. The largest absolute Gasteiger partial charge is 0.373 e. The van der Waals surface area contributed by atoms with Crippen molar-refractivity contribution in [2.75, 3.05) is 0 Å². The van der Waals surface area contributed by atoms with Crippen LogP contribution in [0.1, 0.15) is 65.0 Å². The minimum absolute atomic E-state index is 0.0310. The van der Waals surface area contributed by atoms with E-state index in [1.54, 1.807) is 0 Å². The summed E-state index contributed by atoms with van der Waals surface area (Å²) in [5.74, 6) is 0.740. The van der Waals surface area contributed by atoms with Crippen LogP contribution in [0.4, 0.5) is 0 Å². The van der Waals surface area contributed by atoms with Crippen molar-refractivity contribution in [2.45, 2.75) is 71.6 Å². The molecule has 2 rings (SSSR count). The lowest BCUT2D eigenvalue weighted by atomic mass is 9.71. The first kappa shape index (κ1) is 16.5. The van der Waals surface area contributed by atoms with Crippen LogP contribution in [-0.2, 0) is 4.74 Å². The molecule has 1 aromatic rings. The Morgan fingerprint density at radius 3 is 2.48 bits per heavy atom. The lowest BCUT2D eigenvalue weighted by molar-refractivity contribution is -0.0752. The second-order valence-electron chi connectivity index (χ2n) is 7.55. The lowest BCUT2D eigenvalue weighted by Gasteiger charge is -2.40. The summed E-state index contributed by atoms with van der Waals surface area (Å²) in [6.07, 6.45) is 5.04. The van der Waals surface area contributed by atoms with E-state index in [2.05, 4.69) is 39.8 Å². The first-order valence-electron chi connectivity index (χ1n) is 8.37. The van der Waals surface area contributed by atoms with Crippen molar-refractivity contribution < 1.29 is 4.74 Å². The van der Waals surface area contributed by atoms with Gasteiger partial charge in [0.25, 0.3) is 0 Å². The Bertz CT molecular complexity index is 428. The van der Waals surface area contributed by atoms with Gasteiger partial charge in [-0.15, -0.1) is 0 Å². The van der Waals surface area contributed by atoms with Gasteiger partial charge < -0.3 is 10.5 Å². The molecule has 0 radical (unpaired) electrons. The first-order chi connectivity index (χ1) is 9.91. The van der Waals surface area contributed by atoms with Crippen LogP contribution in [0, 0.1) is 11.3 Å². The van der Waals surface area contributed by atoms with Gasteiger partial charge in [0.2, 0.25) is 0 Å². The minimum Gasteiger partial charge on any atom is -0.373 e. The van der Waals surface area contributed by atoms with E-state index in [0.717, 1.165) is 18.8 Å². The predicted octanol–water partition coefficient (Wildman–Crippen LogP) is 4.70. The van der Waals surface area contributed by atoms with Gasteiger partial charge in [-0.1, -0.05) is 58.0 Å². The normalized spacial score (nSPS) is 28.0. The quantitative estimate of drug-likeness (QED) is 0.853. The molecule has 2 heteroatoms. The SMILES string of the molecule is CCC(OC1CC(C)CC(C)(C)C1)C(N)c1ccccc1. The molecule has 1 fully saturated rings. The summed E-state index contributed by atoms with van der Waals surface area (Å²) in [6.45, 7) is 9.23. The van der Waals surface area contributed by atoms with Gasteiger partial charge in [0.15, 0.2) is 0 Å². The van der Waals surface area contributed by atoms with Gasteiger partial charge in [0.1, 0.15) is 0 Å². The Morgan fingerprint density at radius 1 is 1.24 bits per heavy atom. The maximum Gasteiger partial charge on any atom is 0.0768 e. The van der Waals surface area contributed by atoms with E-state index in [1.807, 2.05) is 18.2 Å². The van der Waals surface area contributed by atoms with E-state index in [9.17, 15) is 0 Å². The van der Waals surface area contributed by atoms with Crippen LogP contribution in [0.15, 0.2) is 30.3 Å². The van der Waals surface area contributed by atoms with E-state index in [-0.39, 0.29) is 12.1 Å². The highest BCUT2D eigenvalue weighted by Gasteiger charge is 2.34. The summed E-state index contributed by atoms with van der Waals surface area (Å²) in [6, 6.07) is 10.3. The van der Waals surface area contributed by atoms with Gasteiger partial charge in [-0.05, 0) is 42.6 Å². The van der Waals surface area contributed by atoms with E-state index < -0.39 is 0 Å². The summed E-state index contributed by atoms with van der Waals surface area (Å²) >= 11 is 0. The van der Waals surface area contributed by atoms with Gasteiger partial charge in [-0.25, -0.2) is 0 Å². The molecule has 4 unspecified atom stereocenters. The van der Waals surface area contributed by atoms with E-state index >= 15 is 0 Å². The van der Waals surface area contributed by atoms with Gasteiger partial charge in [-0.2, -0.15) is 0 Å². The molecule has 0 heterocycles. The molecule has 0 aromatic heterocycles. The van der Waals surface area contributed by atoms with Gasteiger partial charge in [-0.3, -0.25) is 0 Å². The third-order valence-corrected chi connectivity index (χ3v) is 4.70. The van der Waals surface area contributed by atoms with E-state index in [0.29, 0.717) is 11.5 Å². The predicted molar refractivity (Wildman–Crippen MR) is 89.1 cm³/mol. The molecule has 1 aliphatic carbocycles. The highest BCUT2D eigenvalue weighted by molar-refractivity contribution is 5.19. The Morgan fingerprint density at radius 2 is 1.90 bits per heavy atom. The van der Waals surface area contributed by atoms with Crippen LogP contribution >= 0.6 is 0 Å². The molecule has 0 spiro atoms. The van der Waals surface area contributed by atoms with Crippen LogP contribution in [0.3, 0.4) is 0 Å². The van der Waals surface area contributed by atoms with Gasteiger partial charge in [0, 0.05) is 0 Å². The smallest absolute Gasteiger partial charge is 0.0768 e. The first-order valence-corrected chi connectivity index (χ1v) is 8.37. The molecular formula is C19H31NO. The topological polar surface area (TPSA) is 35.2 Å². The summed E-state index contributed by atoms with van der Waals surface area (Å²) in [5.41, 5.74) is 8.00. The van der Waals surface area contributed by atoms with Crippen molar-refractivity contribution >= 4 is 0 Å². The average Bonchev–Trinajstić information content (AvgIpc) is 2.43. The Kier molecular flexibility index (Phi) is 5.45. The van der Waals surface area contributed by atoms with Crippen molar-refractivity contribution in [2.24, 2.45) is 17.1 Å². The van der Waals surface area contributed by atoms with Crippen LogP contribution in [0.25, 0.3) is 0 Å². The molecule has 4 atom stereocenters. The highest BCUT2D eigenvalue weighted by Crippen LogP contribution is 2.40. The molecule has 1 saturated carbocycles. The molecule has 2 nitrogen and oxygen atoms in total. The van der Waals surface area contributed by atoms with Crippen molar-refractivity contribution in [3.8, 4) is 0 Å². The molecular weight excluding hydrogens is 258 g/mol. The maximum absolute atomic E-state index is 6.44. The van der Waals surface area contributed by atoms with Gasteiger partial charge in [0.05, 0.1) is 18.2 Å². The zero-order valence-corrected chi connectivity index (χ0v) is 14.0. The Balaban J connectivity index is 2.02. The molecule has 0 saturated heterocycles. The molecule has 0 amide bonds. The fourth-order valence-electron chi connectivity index (χ4n) is 3.93. The number of rotatable bonds is 5. The van der Waals surface area contributed by atoms with Crippen molar-refractivity contribution in [1.29, 1.82) is 0 Å². The second-order valence-corrected chi connectivity index (χ2v) is 7.55. The number of hydrogen-bond acceptors (Lipinski definition) is 2. The standard InChI is InChI=1S/C19H31NO/c1-5-17(18(20)15-9-7-6-8-10-15)21-16-11-14(2)12-19(3,4)13-16/h6-10,14,16-18H,5,11-13,20H2,1-4H3. The van der Waals surface area contributed by atoms with Crippen molar-refractivity contribution in [3.63, 3.8) is 0 Å². The monoisotopic (exact) mass is 289 g/mol. The van der Waals surface area contributed by atoms with E-state index in [1.165, 1.54) is 18.4 Å². The highest BCUT2D eigenvalue weighted by atomic mass is 16.5. The molecule has 1 aliphatic rings. The van der Waals surface area contributed by atoms with Crippen LogP contribution in [0.2, 0.25) is 0 Å². The second kappa shape index (κ2) is 6.93. The van der Waals surface area contributed by atoms with Crippen molar-refractivity contribution in [1.82, 2.24) is 0 Å². The zero-order valence-electron chi connectivity index (χ0n) is 14.0.